The van der Waals surface area contributed by atoms with E-state index in [4.69, 9.17) is 0 Å². The Bertz CT molecular complexity index is 612. The molecule has 1 N–H and O–H groups in total. The minimum absolute atomic E-state index is 0.499. The van der Waals surface area contributed by atoms with E-state index in [1.165, 1.54) is 64.2 Å². The van der Waals surface area contributed by atoms with E-state index in [0.29, 0.717) is 10.8 Å². The van der Waals surface area contributed by atoms with Crippen molar-refractivity contribution in [2.24, 2.45) is 57.4 Å². The molecule has 0 saturated heterocycles. The van der Waals surface area contributed by atoms with E-state index in [-0.39, 0.29) is 0 Å². The zero-order valence-electron chi connectivity index (χ0n) is 19.9. The summed E-state index contributed by atoms with van der Waals surface area (Å²) >= 11 is 0. The van der Waals surface area contributed by atoms with Crippen molar-refractivity contribution in [1.29, 1.82) is 0 Å². The molecule has 0 aliphatic heterocycles. The summed E-state index contributed by atoms with van der Waals surface area (Å²) < 4.78 is 0. The molecule has 2 unspecified atom stereocenters. The van der Waals surface area contributed by atoms with Crippen molar-refractivity contribution in [2.45, 2.75) is 112 Å². The molecule has 0 aromatic carbocycles. The highest BCUT2D eigenvalue weighted by atomic mass is 16.4. The van der Waals surface area contributed by atoms with Gasteiger partial charge in [-0.1, -0.05) is 59.0 Å². The van der Waals surface area contributed by atoms with E-state index in [1.54, 1.807) is 0 Å². The highest BCUT2D eigenvalue weighted by molar-refractivity contribution is 5.85. The molecule has 4 saturated carbocycles. The molecule has 4 fully saturated rings. The van der Waals surface area contributed by atoms with Gasteiger partial charge in [0.2, 0.25) is 0 Å². The average Bonchev–Trinajstić information content (AvgIpc) is 3.04. The highest BCUT2D eigenvalue weighted by Gasteiger charge is 2.60. The standard InChI is InChI=1S/C27H47NO/c1-18(2)7-6-8-19(3)23-11-12-24-22-10-9-20-17-21(28-29)13-15-26(20,4)25(22)14-16-27(23,24)5/h18-20,22-25,29H,6-17H2,1-5H3/b28-21+/t19-,20?,22+,23?,24+,25+,26+,27-/m1/s1. The molecular weight excluding hydrogens is 354 g/mol. The van der Waals surface area contributed by atoms with Gasteiger partial charge in [0.05, 0.1) is 5.71 Å². The zero-order chi connectivity index (χ0) is 20.8. The molecule has 4 aliphatic rings. The summed E-state index contributed by atoms with van der Waals surface area (Å²) in [6.07, 6.45) is 16.4. The molecule has 2 nitrogen and oxygen atoms in total. The van der Waals surface area contributed by atoms with E-state index < -0.39 is 0 Å². The molecular formula is C27H47NO. The van der Waals surface area contributed by atoms with Crippen LogP contribution in [0.5, 0.6) is 0 Å². The van der Waals surface area contributed by atoms with Crippen LogP contribution >= 0.6 is 0 Å². The first-order chi connectivity index (χ1) is 13.8. The molecule has 4 aliphatic carbocycles. The number of hydrogen-bond donors (Lipinski definition) is 1. The van der Waals surface area contributed by atoms with Gasteiger partial charge < -0.3 is 5.21 Å². The van der Waals surface area contributed by atoms with Crippen LogP contribution in [0.1, 0.15) is 112 Å². The first-order valence-corrected chi connectivity index (χ1v) is 13.0. The van der Waals surface area contributed by atoms with Gasteiger partial charge in [0, 0.05) is 0 Å². The van der Waals surface area contributed by atoms with Gasteiger partial charge >= 0.3 is 0 Å². The third kappa shape index (κ3) is 3.69. The van der Waals surface area contributed by atoms with Crippen LogP contribution in [0.2, 0.25) is 0 Å². The van der Waals surface area contributed by atoms with Gasteiger partial charge in [0.25, 0.3) is 0 Å². The molecule has 0 aromatic heterocycles. The second kappa shape index (κ2) is 8.19. The molecule has 0 bridgehead atoms. The van der Waals surface area contributed by atoms with Crippen molar-refractivity contribution >= 4 is 5.71 Å². The second-order valence-electron chi connectivity index (χ2n) is 12.6. The Hall–Kier alpha value is -0.530. The lowest BCUT2D eigenvalue weighted by atomic mass is 9.44. The molecule has 0 heterocycles. The van der Waals surface area contributed by atoms with E-state index in [9.17, 15) is 5.21 Å². The average molecular weight is 402 g/mol. The van der Waals surface area contributed by atoms with E-state index in [1.807, 2.05) is 0 Å². The molecule has 8 atom stereocenters. The summed E-state index contributed by atoms with van der Waals surface area (Å²) in [6.45, 7) is 12.6. The van der Waals surface area contributed by atoms with Crippen molar-refractivity contribution in [3.8, 4) is 0 Å². The molecule has 2 heteroatoms. The van der Waals surface area contributed by atoms with Crippen molar-refractivity contribution in [1.82, 2.24) is 0 Å². The Morgan fingerprint density at radius 1 is 0.931 bits per heavy atom. The molecule has 166 valence electrons. The van der Waals surface area contributed by atoms with Crippen molar-refractivity contribution < 1.29 is 5.21 Å². The van der Waals surface area contributed by atoms with Gasteiger partial charge in [-0.25, -0.2) is 0 Å². The van der Waals surface area contributed by atoms with Crippen LogP contribution in [0, 0.1) is 52.3 Å². The number of nitrogens with zero attached hydrogens (tertiary/aromatic N) is 1. The third-order valence-electron chi connectivity index (χ3n) is 10.8. The van der Waals surface area contributed by atoms with Crippen LogP contribution in [0.3, 0.4) is 0 Å². The lowest BCUT2D eigenvalue weighted by molar-refractivity contribution is -0.105. The Morgan fingerprint density at radius 3 is 2.41 bits per heavy atom. The highest BCUT2D eigenvalue weighted by Crippen LogP contribution is 2.68. The Balaban J connectivity index is 1.46. The summed E-state index contributed by atoms with van der Waals surface area (Å²) in [4.78, 5) is 0. The molecule has 29 heavy (non-hydrogen) atoms. The second-order valence-corrected chi connectivity index (χ2v) is 12.6. The smallest absolute Gasteiger partial charge is 0.0574 e. The van der Waals surface area contributed by atoms with Crippen LogP contribution in [-0.4, -0.2) is 10.9 Å². The van der Waals surface area contributed by atoms with Crippen molar-refractivity contribution in [2.75, 3.05) is 0 Å². The number of oxime groups is 1. The predicted molar refractivity (Wildman–Crippen MR) is 122 cm³/mol. The molecule has 0 spiro atoms. The molecule has 4 rings (SSSR count). The molecule has 0 amide bonds. The van der Waals surface area contributed by atoms with Crippen molar-refractivity contribution in [3.63, 3.8) is 0 Å². The predicted octanol–water partition coefficient (Wildman–Crippen LogP) is 7.94. The fourth-order valence-corrected chi connectivity index (χ4v) is 9.18. The monoisotopic (exact) mass is 401 g/mol. The summed E-state index contributed by atoms with van der Waals surface area (Å²) in [5.74, 6) is 6.36. The SMILES string of the molecule is CC(C)CCC[C@@H](C)C1CC[C@H]2[C@@H]3CCC4C/C(=N/O)CC[C@]4(C)[C@H]3CC[C@]12C. The fourth-order valence-electron chi connectivity index (χ4n) is 9.18. The molecule has 0 radical (unpaired) electrons. The third-order valence-corrected chi connectivity index (χ3v) is 10.8. The maximum atomic E-state index is 9.32. The van der Waals surface area contributed by atoms with Crippen LogP contribution in [0.15, 0.2) is 5.16 Å². The normalized spacial score (nSPS) is 47.0. The Kier molecular flexibility index (Phi) is 6.13. The van der Waals surface area contributed by atoms with Crippen LogP contribution in [0.4, 0.5) is 0 Å². The summed E-state index contributed by atoms with van der Waals surface area (Å²) in [5, 5.41) is 12.9. The quantitative estimate of drug-likeness (QED) is 0.368. The van der Waals surface area contributed by atoms with Gasteiger partial charge in [-0.2, -0.15) is 0 Å². The minimum atomic E-state index is 0.499. The van der Waals surface area contributed by atoms with E-state index in [2.05, 4.69) is 39.8 Å². The first-order valence-electron chi connectivity index (χ1n) is 13.0. The summed E-state index contributed by atoms with van der Waals surface area (Å²) in [6, 6.07) is 0. The maximum Gasteiger partial charge on any atom is 0.0574 e. The van der Waals surface area contributed by atoms with E-state index in [0.717, 1.165) is 60.0 Å². The Labute approximate surface area is 180 Å². The van der Waals surface area contributed by atoms with Crippen LogP contribution < -0.4 is 0 Å². The van der Waals surface area contributed by atoms with Gasteiger partial charge in [0.1, 0.15) is 0 Å². The lowest BCUT2D eigenvalue weighted by Crippen LogP contribution is -2.53. The Morgan fingerprint density at radius 2 is 1.69 bits per heavy atom. The summed E-state index contributed by atoms with van der Waals surface area (Å²) in [5.41, 5.74) is 2.18. The maximum absolute atomic E-state index is 9.32. The summed E-state index contributed by atoms with van der Waals surface area (Å²) in [7, 11) is 0. The van der Waals surface area contributed by atoms with Crippen molar-refractivity contribution in [3.05, 3.63) is 0 Å². The van der Waals surface area contributed by atoms with Gasteiger partial charge in [-0.05, 0) is 110 Å². The van der Waals surface area contributed by atoms with Crippen LogP contribution in [0.25, 0.3) is 0 Å². The fraction of sp³-hybridized carbons (Fsp3) is 0.963. The topological polar surface area (TPSA) is 32.6 Å². The number of fused-ring (bicyclic) bond motifs is 5. The minimum Gasteiger partial charge on any atom is -0.411 e. The van der Waals surface area contributed by atoms with Crippen LogP contribution in [-0.2, 0) is 0 Å². The van der Waals surface area contributed by atoms with E-state index >= 15 is 0 Å². The van der Waals surface area contributed by atoms with Gasteiger partial charge in [0.15, 0.2) is 0 Å². The van der Waals surface area contributed by atoms with Gasteiger partial charge in [-0.3, -0.25) is 0 Å². The first kappa shape index (κ1) is 21.7. The van der Waals surface area contributed by atoms with Gasteiger partial charge in [-0.15, -0.1) is 0 Å². The zero-order valence-corrected chi connectivity index (χ0v) is 19.9. The lowest BCUT2D eigenvalue weighted by Gasteiger charge is -2.60. The molecule has 0 aromatic rings. The largest absolute Gasteiger partial charge is 0.411 e. The number of rotatable bonds is 5. The number of hydrogen-bond acceptors (Lipinski definition) is 2.